The molecule has 4 heteroatoms. The second kappa shape index (κ2) is 4.43. The molecule has 2 aromatic rings. The van der Waals surface area contributed by atoms with Crippen molar-refractivity contribution in [2.75, 3.05) is 0 Å². The van der Waals surface area contributed by atoms with Gasteiger partial charge in [-0.2, -0.15) is 4.80 Å². The van der Waals surface area contributed by atoms with Gasteiger partial charge in [0.2, 0.25) is 5.82 Å². The van der Waals surface area contributed by atoms with E-state index in [1.807, 2.05) is 0 Å². The maximum Gasteiger partial charge on any atom is 0.204 e. The van der Waals surface area contributed by atoms with E-state index in [1.54, 1.807) is 7.05 Å². The van der Waals surface area contributed by atoms with Crippen molar-refractivity contribution in [1.29, 1.82) is 0 Å². The van der Waals surface area contributed by atoms with Crippen LogP contribution < -0.4 is 0 Å². The van der Waals surface area contributed by atoms with Crippen molar-refractivity contribution in [2.45, 2.75) is 26.2 Å². The number of aromatic nitrogens is 4. The Morgan fingerprint density at radius 2 is 1.94 bits per heavy atom. The molecule has 2 rings (SSSR count). The Labute approximate surface area is 95.3 Å². The second-order valence-corrected chi connectivity index (χ2v) is 4.03. The van der Waals surface area contributed by atoms with Crippen molar-refractivity contribution in [3.05, 3.63) is 29.8 Å². The fourth-order valence-corrected chi connectivity index (χ4v) is 1.60. The lowest BCUT2D eigenvalue weighted by atomic mass is 9.97. The van der Waals surface area contributed by atoms with Crippen LogP contribution in [0.15, 0.2) is 24.3 Å². The average molecular weight is 216 g/mol. The Kier molecular flexibility index (Phi) is 2.99. The van der Waals surface area contributed by atoms with Gasteiger partial charge in [-0.3, -0.25) is 0 Å². The molecule has 0 spiro atoms. The number of aryl methyl sites for hydroxylation is 1. The average Bonchev–Trinajstić information content (AvgIpc) is 2.75. The third kappa shape index (κ3) is 2.10. The standard InChI is InChI=1S/C12H16N4/c1-4-9(2)10-5-7-11(8-6-10)12-13-15-16(3)14-12/h5-9H,4H2,1-3H3. The lowest BCUT2D eigenvalue weighted by molar-refractivity contribution is 0.630. The Morgan fingerprint density at radius 3 is 2.44 bits per heavy atom. The first kappa shape index (κ1) is 10.8. The summed E-state index contributed by atoms with van der Waals surface area (Å²) in [5.74, 6) is 1.28. The van der Waals surface area contributed by atoms with Gasteiger partial charge in [0.1, 0.15) is 0 Å². The van der Waals surface area contributed by atoms with Crippen molar-refractivity contribution in [1.82, 2.24) is 20.2 Å². The molecule has 16 heavy (non-hydrogen) atoms. The van der Waals surface area contributed by atoms with Gasteiger partial charge in [-0.1, -0.05) is 38.1 Å². The highest BCUT2D eigenvalue weighted by Crippen LogP contribution is 2.21. The van der Waals surface area contributed by atoms with Crippen LogP contribution >= 0.6 is 0 Å². The van der Waals surface area contributed by atoms with E-state index >= 15 is 0 Å². The van der Waals surface area contributed by atoms with Gasteiger partial charge < -0.3 is 0 Å². The number of rotatable bonds is 3. The molecule has 1 unspecified atom stereocenters. The van der Waals surface area contributed by atoms with Gasteiger partial charge in [-0.05, 0) is 23.1 Å². The molecular formula is C12H16N4. The van der Waals surface area contributed by atoms with Gasteiger partial charge in [-0.15, -0.1) is 10.2 Å². The summed E-state index contributed by atoms with van der Waals surface area (Å²) >= 11 is 0. The zero-order valence-electron chi connectivity index (χ0n) is 9.88. The maximum absolute atomic E-state index is 4.17. The Balaban J connectivity index is 2.25. The molecule has 0 aliphatic carbocycles. The van der Waals surface area contributed by atoms with Gasteiger partial charge >= 0.3 is 0 Å². The smallest absolute Gasteiger partial charge is 0.167 e. The van der Waals surface area contributed by atoms with E-state index in [-0.39, 0.29) is 0 Å². The van der Waals surface area contributed by atoms with Crippen molar-refractivity contribution < 1.29 is 0 Å². The van der Waals surface area contributed by atoms with Crippen LogP contribution in [0.25, 0.3) is 11.4 Å². The molecule has 0 amide bonds. The van der Waals surface area contributed by atoms with Crippen LogP contribution in [0.1, 0.15) is 31.7 Å². The topological polar surface area (TPSA) is 43.6 Å². The molecule has 1 aromatic carbocycles. The molecular weight excluding hydrogens is 200 g/mol. The van der Waals surface area contributed by atoms with Crippen molar-refractivity contribution >= 4 is 0 Å². The Morgan fingerprint density at radius 1 is 1.25 bits per heavy atom. The molecule has 0 saturated carbocycles. The van der Waals surface area contributed by atoms with Gasteiger partial charge in [-0.25, -0.2) is 0 Å². The summed E-state index contributed by atoms with van der Waals surface area (Å²) in [6, 6.07) is 8.39. The van der Waals surface area contributed by atoms with Crippen LogP contribution in [0.4, 0.5) is 0 Å². The van der Waals surface area contributed by atoms with E-state index in [2.05, 4.69) is 53.5 Å². The molecule has 1 aromatic heterocycles. The fourth-order valence-electron chi connectivity index (χ4n) is 1.60. The predicted octanol–water partition coefficient (Wildman–Crippen LogP) is 2.39. The lowest BCUT2D eigenvalue weighted by Crippen LogP contribution is -1.92. The van der Waals surface area contributed by atoms with Crippen LogP contribution in [-0.4, -0.2) is 20.2 Å². The minimum Gasteiger partial charge on any atom is -0.167 e. The third-order valence-electron chi connectivity index (χ3n) is 2.86. The van der Waals surface area contributed by atoms with E-state index in [1.165, 1.54) is 10.4 Å². The molecule has 0 radical (unpaired) electrons. The number of hydrogen-bond donors (Lipinski definition) is 0. The maximum atomic E-state index is 4.17. The van der Waals surface area contributed by atoms with Gasteiger partial charge in [0.05, 0.1) is 7.05 Å². The summed E-state index contributed by atoms with van der Waals surface area (Å²) in [5.41, 5.74) is 2.37. The molecule has 0 bridgehead atoms. The summed E-state index contributed by atoms with van der Waals surface area (Å²) in [6.07, 6.45) is 1.16. The van der Waals surface area contributed by atoms with Crippen LogP contribution in [0.2, 0.25) is 0 Å². The summed E-state index contributed by atoms with van der Waals surface area (Å²) < 4.78 is 0. The first-order chi connectivity index (χ1) is 7.70. The lowest BCUT2D eigenvalue weighted by Gasteiger charge is -2.08. The van der Waals surface area contributed by atoms with E-state index in [4.69, 9.17) is 0 Å². The largest absolute Gasteiger partial charge is 0.204 e. The van der Waals surface area contributed by atoms with Crippen molar-refractivity contribution in [3.8, 4) is 11.4 Å². The summed E-state index contributed by atoms with van der Waals surface area (Å²) in [4.78, 5) is 1.47. The van der Waals surface area contributed by atoms with Crippen LogP contribution in [0.3, 0.4) is 0 Å². The first-order valence-corrected chi connectivity index (χ1v) is 5.55. The molecule has 84 valence electrons. The Hall–Kier alpha value is -1.71. The van der Waals surface area contributed by atoms with Crippen LogP contribution in [0.5, 0.6) is 0 Å². The molecule has 0 saturated heterocycles. The highest BCUT2D eigenvalue weighted by atomic mass is 15.6. The quantitative estimate of drug-likeness (QED) is 0.791. The molecule has 0 aliphatic rings. The van der Waals surface area contributed by atoms with E-state index in [9.17, 15) is 0 Å². The van der Waals surface area contributed by atoms with Crippen molar-refractivity contribution in [2.24, 2.45) is 7.05 Å². The normalized spacial score (nSPS) is 12.7. The summed E-state index contributed by atoms with van der Waals surface area (Å²) in [6.45, 7) is 4.43. The Bertz CT molecular complexity index is 458. The third-order valence-corrected chi connectivity index (χ3v) is 2.86. The first-order valence-electron chi connectivity index (χ1n) is 5.55. The highest BCUT2D eigenvalue weighted by Gasteiger charge is 2.06. The number of nitrogens with zero attached hydrogens (tertiary/aromatic N) is 4. The molecule has 1 atom stereocenters. The zero-order chi connectivity index (χ0) is 11.5. The van der Waals surface area contributed by atoms with E-state index < -0.39 is 0 Å². The summed E-state index contributed by atoms with van der Waals surface area (Å²) in [7, 11) is 1.77. The second-order valence-electron chi connectivity index (χ2n) is 4.03. The molecule has 1 heterocycles. The predicted molar refractivity (Wildman–Crippen MR) is 62.9 cm³/mol. The minimum absolute atomic E-state index is 0.601. The van der Waals surface area contributed by atoms with Gasteiger partial charge in [0.25, 0.3) is 0 Å². The van der Waals surface area contributed by atoms with E-state index in [0.29, 0.717) is 11.7 Å². The molecule has 4 nitrogen and oxygen atoms in total. The van der Waals surface area contributed by atoms with Crippen LogP contribution in [-0.2, 0) is 7.05 Å². The van der Waals surface area contributed by atoms with E-state index in [0.717, 1.165) is 12.0 Å². The SMILES string of the molecule is CCC(C)c1ccc(-c2nnn(C)n2)cc1. The minimum atomic E-state index is 0.601. The number of hydrogen-bond acceptors (Lipinski definition) is 3. The zero-order valence-corrected chi connectivity index (χ0v) is 9.88. The molecule has 0 fully saturated rings. The highest BCUT2D eigenvalue weighted by molar-refractivity contribution is 5.54. The molecule has 0 aliphatic heterocycles. The monoisotopic (exact) mass is 216 g/mol. The van der Waals surface area contributed by atoms with Gasteiger partial charge in [0, 0.05) is 5.56 Å². The van der Waals surface area contributed by atoms with Crippen molar-refractivity contribution in [3.63, 3.8) is 0 Å². The number of tetrazole rings is 1. The van der Waals surface area contributed by atoms with Gasteiger partial charge in [0.15, 0.2) is 0 Å². The summed E-state index contributed by atoms with van der Waals surface area (Å²) in [5, 5.41) is 12.0. The number of benzene rings is 1. The van der Waals surface area contributed by atoms with Crippen LogP contribution in [0, 0.1) is 0 Å². The molecule has 0 N–H and O–H groups in total. The fraction of sp³-hybridized carbons (Fsp3) is 0.417.